The second-order valence-electron chi connectivity index (χ2n) is 8.33. The van der Waals surface area contributed by atoms with Gasteiger partial charge in [0.25, 0.3) is 0 Å². The normalized spacial score (nSPS) is 14.4. The molecule has 0 bridgehead atoms. The molecule has 2 aromatic carbocycles. The van der Waals surface area contributed by atoms with E-state index in [2.05, 4.69) is 70.5 Å². The predicted molar refractivity (Wildman–Crippen MR) is 127 cm³/mol. The molecule has 0 spiro atoms. The van der Waals surface area contributed by atoms with Crippen LogP contribution < -0.4 is 9.80 Å². The first-order chi connectivity index (χ1) is 15.2. The molecule has 0 atom stereocenters. The van der Waals surface area contributed by atoms with Crippen LogP contribution in [-0.4, -0.2) is 35.6 Å². The number of imidazole rings is 1. The number of aryl methyl sites for hydroxylation is 2. The molecule has 3 heterocycles. The molecule has 1 aliphatic heterocycles. The van der Waals surface area contributed by atoms with Gasteiger partial charge in [-0.1, -0.05) is 43.2 Å². The third-order valence-corrected chi connectivity index (χ3v) is 6.27. The lowest BCUT2D eigenvalue weighted by atomic mass is 10.0. The number of nitrogens with zero attached hydrogens (tertiary/aromatic N) is 5. The van der Waals surface area contributed by atoms with Gasteiger partial charge in [-0.15, -0.1) is 0 Å². The quantitative estimate of drug-likeness (QED) is 0.479. The molecule has 31 heavy (non-hydrogen) atoms. The van der Waals surface area contributed by atoms with Crippen molar-refractivity contribution in [1.82, 2.24) is 9.38 Å². The molecule has 5 heteroatoms. The number of piperazine rings is 1. The van der Waals surface area contributed by atoms with Crippen LogP contribution in [0.25, 0.3) is 16.7 Å². The Hall–Kier alpha value is -3.52. The maximum Gasteiger partial charge on any atom is 0.157 e. The van der Waals surface area contributed by atoms with Crippen LogP contribution in [0.1, 0.15) is 30.0 Å². The van der Waals surface area contributed by atoms with Gasteiger partial charge in [0.15, 0.2) is 5.65 Å². The number of hydrogen-bond acceptors (Lipinski definition) is 4. The molecular formula is C26H27N5. The third-order valence-electron chi connectivity index (χ3n) is 6.27. The summed E-state index contributed by atoms with van der Waals surface area (Å²) in [5.74, 6) is 1.15. The van der Waals surface area contributed by atoms with Crippen molar-refractivity contribution >= 4 is 28.2 Å². The first kappa shape index (κ1) is 19.4. The summed E-state index contributed by atoms with van der Waals surface area (Å²) in [7, 11) is 0. The molecular weight excluding hydrogens is 382 g/mol. The van der Waals surface area contributed by atoms with Crippen LogP contribution in [0.3, 0.4) is 0 Å². The van der Waals surface area contributed by atoms with E-state index in [1.807, 2.05) is 18.2 Å². The fraction of sp³-hybridized carbons (Fsp3) is 0.308. The zero-order valence-corrected chi connectivity index (χ0v) is 18.2. The molecule has 2 aromatic heterocycles. The summed E-state index contributed by atoms with van der Waals surface area (Å²) in [6.07, 6.45) is 1.89. The summed E-state index contributed by atoms with van der Waals surface area (Å²) in [4.78, 5) is 9.76. The molecule has 1 aliphatic rings. The highest BCUT2D eigenvalue weighted by Gasteiger charge is 2.23. The number of nitriles is 1. The number of aromatic nitrogens is 2. The van der Waals surface area contributed by atoms with E-state index in [4.69, 9.17) is 4.98 Å². The van der Waals surface area contributed by atoms with Crippen molar-refractivity contribution in [2.24, 2.45) is 0 Å². The van der Waals surface area contributed by atoms with Crippen LogP contribution in [-0.2, 0) is 6.42 Å². The molecule has 0 aliphatic carbocycles. The van der Waals surface area contributed by atoms with Crippen LogP contribution in [0.5, 0.6) is 0 Å². The summed E-state index contributed by atoms with van der Waals surface area (Å²) < 4.78 is 2.19. The standard InChI is InChI=1S/C26H27N5/c1-3-6-20-17-25(30-15-13-29(14-16-30)21-11-9-19(2)10-12-21)31-24-8-5-4-7-23(24)28-26(31)22(20)18-27/h4-5,7-12,17H,3,6,13-16H2,1-2H3. The average molecular weight is 410 g/mol. The Balaban J connectivity index is 1.56. The Morgan fingerprint density at radius 3 is 2.39 bits per heavy atom. The second-order valence-corrected chi connectivity index (χ2v) is 8.33. The van der Waals surface area contributed by atoms with E-state index in [0.717, 1.165) is 67.1 Å². The Bertz CT molecular complexity index is 1270. The number of pyridine rings is 1. The summed E-state index contributed by atoms with van der Waals surface area (Å²) in [6, 6.07) is 21.6. The van der Waals surface area contributed by atoms with E-state index in [1.165, 1.54) is 11.3 Å². The van der Waals surface area contributed by atoms with E-state index < -0.39 is 0 Å². The molecule has 4 aromatic rings. The van der Waals surface area contributed by atoms with Crippen molar-refractivity contribution < 1.29 is 0 Å². The largest absolute Gasteiger partial charge is 0.368 e. The monoisotopic (exact) mass is 409 g/mol. The van der Waals surface area contributed by atoms with Crippen molar-refractivity contribution in [3.63, 3.8) is 0 Å². The number of hydrogen-bond donors (Lipinski definition) is 0. The lowest BCUT2D eigenvalue weighted by Gasteiger charge is -2.37. The predicted octanol–water partition coefficient (Wildman–Crippen LogP) is 4.95. The molecule has 0 radical (unpaired) electrons. The smallest absolute Gasteiger partial charge is 0.157 e. The number of fused-ring (bicyclic) bond motifs is 3. The zero-order chi connectivity index (χ0) is 21.4. The van der Waals surface area contributed by atoms with Crippen molar-refractivity contribution in [1.29, 1.82) is 5.26 Å². The van der Waals surface area contributed by atoms with Crippen molar-refractivity contribution in [3.8, 4) is 6.07 Å². The van der Waals surface area contributed by atoms with Gasteiger partial charge in [0.1, 0.15) is 11.9 Å². The highest BCUT2D eigenvalue weighted by Crippen LogP contribution is 2.30. The van der Waals surface area contributed by atoms with E-state index in [0.29, 0.717) is 5.56 Å². The molecule has 1 saturated heterocycles. The molecule has 5 rings (SSSR count). The summed E-state index contributed by atoms with van der Waals surface area (Å²) in [5, 5.41) is 9.93. The first-order valence-corrected chi connectivity index (χ1v) is 11.1. The number of benzene rings is 2. The van der Waals surface area contributed by atoms with Gasteiger partial charge in [0.2, 0.25) is 0 Å². The van der Waals surface area contributed by atoms with Gasteiger partial charge in [0.05, 0.1) is 16.6 Å². The van der Waals surface area contributed by atoms with Crippen LogP contribution in [0.4, 0.5) is 11.5 Å². The minimum absolute atomic E-state index is 0.708. The van der Waals surface area contributed by atoms with Gasteiger partial charge in [-0.3, -0.25) is 4.40 Å². The molecule has 156 valence electrons. The second kappa shape index (κ2) is 7.96. The van der Waals surface area contributed by atoms with Gasteiger partial charge in [0, 0.05) is 31.9 Å². The summed E-state index contributed by atoms with van der Waals surface area (Å²) >= 11 is 0. The minimum atomic E-state index is 0.708. The van der Waals surface area contributed by atoms with E-state index >= 15 is 0 Å². The molecule has 0 amide bonds. The first-order valence-electron chi connectivity index (χ1n) is 11.1. The summed E-state index contributed by atoms with van der Waals surface area (Å²) in [5.41, 5.74) is 7.17. The molecule has 1 fully saturated rings. The van der Waals surface area contributed by atoms with Crippen molar-refractivity contribution in [2.75, 3.05) is 36.0 Å². The lowest BCUT2D eigenvalue weighted by Crippen LogP contribution is -2.47. The van der Waals surface area contributed by atoms with E-state index in [-0.39, 0.29) is 0 Å². The fourth-order valence-corrected chi connectivity index (χ4v) is 4.63. The van der Waals surface area contributed by atoms with Crippen LogP contribution in [0, 0.1) is 18.3 Å². The summed E-state index contributed by atoms with van der Waals surface area (Å²) in [6.45, 7) is 8.11. The van der Waals surface area contributed by atoms with E-state index in [9.17, 15) is 5.26 Å². The molecule has 0 saturated carbocycles. The molecule has 0 unspecified atom stereocenters. The van der Waals surface area contributed by atoms with Crippen molar-refractivity contribution in [2.45, 2.75) is 26.7 Å². The Labute approximate surface area is 183 Å². The van der Waals surface area contributed by atoms with Gasteiger partial charge >= 0.3 is 0 Å². The van der Waals surface area contributed by atoms with Crippen LogP contribution in [0.15, 0.2) is 54.6 Å². The number of anilines is 2. The van der Waals surface area contributed by atoms with E-state index in [1.54, 1.807) is 0 Å². The third kappa shape index (κ3) is 3.38. The topological polar surface area (TPSA) is 47.6 Å². The zero-order valence-electron chi connectivity index (χ0n) is 18.2. The maximum absolute atomic E-state index is 9.93. The van der Waals surface area contributed by atoms with Gasteiger partial charge in [-0.05, 0) is 49.2 Å². The molecule has 5 nitrogen and oxygen atoms in total. The minimum Gasteiger partial charge on any atom is -0.368 e. The average Bonchev–Trinajstić information content (AvgIpc) is 3.19. The Morgan fingerprint density at radius 1 is 0.968 bits per heavy atom. The fourth-order valence-electron chi connectivity index (χ4n) is 4.63. The van der Waals surface area contributed by atoms with Gasteiger partial charge in [-0.25, -0.2) is 4.98 Å². The Morgan fingerprint density at radius 2 is 1.68 bits per heavy atom. The van der Waals surface area contributed by atoms with Crippen LogP contribution >= 0.6 is 0 Å². The number of para-hydroxylation sites is 2. The van der Waals surface area contributed by atoms with Crippen LogP contribution in [0.2, 0.25) is 0 Å². The Kier molecular flexibility index (Phi) is 4.99. The SMILES string of the molecule is CCCc1cc(N2CCN(c3ccc(C)cc3)CC2)n2c(nc3ccccc32)c1C#N. The lowest BCUT2D eigenvalue weighted by molar-refractivity contribution is 0.645. The van der Waals surface area contributed by atoms with Crippen molar-refractivity contribution in [3.05, 3.63) is 71.3 Å². The highest BCUT2D eigenvalue weighted by molar-refractivity contribution is 5.85. The van der Waals surface area contributed by atoms with Gasteiger partial charge in [-0.2, -0.15) is 5.26 Å². The highest BCUT2D eigenvalue weighted by atomic mass is 15.3. The number of rotatable bonds is 4. The maximum atomic E-state index is 9.93. The van der Waals surface area contributed by atoms with Gasteiger partial charge < -0.3 is 9.80 Å². The molecule has 0 N–H and O–H groups in total.